The number of carbonyl (C=O) groups excluding carboxylic acids is 1. The van der Waals surface area contributed by atoms with Gasteiger partial charge in [-0.15, -0.1) is 0 Å². The van der Waals surface area contributed by atoms with Gasteiger partial charge in [-0.2, -0.15) is 0 Å². The maximum atomic E-state index is 13.6. The fraction of sp³-hybridized carbons (Fsp3) is 0.143. The second-order valence-electron chi connectivity index (χ2n) is 4.48. The molecule has 1 amide bonds. The Morgan fingerprint density at radius 3 is 2.70 bits per heavy atom. The topological polar surface area (TPSA) is 68.0 Å². The van der Waals surface area contributed by atoms with E-state index in [-0.39, 0.29) is 16.4 Å². The van der Waals surface area contributed by atoms with Gasteiger partial charge in [0, 0.05) is 23.0 Å². The molecule has 0 unspecified atom stereocenters. The van der Waals surface area contributed by atoms with E-state index in [9.17, 15) is 9.18 Å². The number of pyridine rings is 1. The van der Waals surface area contributed by atoms with Crippen LogP contribution < -0.4 is 11.1 Å². The number of hydrogen-bond acceptors (Lipinski definition) is 3. The largest absolute Gasteiger partial charge is 0.398 e. The molecule has 0 atom stereocenters. The fourth-order valence-corrected chi connectivity index (χ4v) is 1.82. The number of hydrogen-bond donors (Lipinski definition) is 2. The minimum absolute atomic E-state index is 0.128. The van der Waals surface area contributed by atoms with Crippen molar-refractivity contribution in [1.29, 1.82) is 0 Å². The lowest BCUT2D eigenvalue weighted by Gasteiger charge is -2.09. The van der Waals surface area contributed by atoms with Crippen LogP contribution in [0.15, 0.2) is 24.4 Å². The van der Waals surface area contributed by atoms with E-state index in [1.54, 1.807) is 19.2 Å². The number of nitrogens with two attached hydrogens (primary N) is 1. The molecule has 2 rings (SSSR count). The summed E-state index contributed by atoms with van der Waals surface area (Å²) >= 11 is 5.89. The van der Waals surface area contributed by atoms with Gasteiger partial charge in [0.25, 0.3) is 5.91 Å². The molecule has 2 aromatic rings. The van der Waals surface area contributed by atoms with Gasteiger partial charge in [-0.3, -0.25) is 4.79 Å². The van der Waals surface area contributed by atoms with E-state index in [0.29, 0.717) is 11.3 Å². The first-order valence-corrected chi connectivity index (χ1v) is 6.25. The summed E-state index contributed by atoms with van der Waals surface area (Å²) in [4.78, 5) is 16.0. The maximum Gasteiger partial charge on any atom is 0.255 e. The van der Waals surface area contributed by atoms with E-state index in [0.717, 1.165) is 11.6 Å². The molecule has 0 bridgehead atoms. The Balaban J connectivity index is 2.31. The summed E-state index contributed by atoms with van der Waals surface area (Å²) in [6.07, 6.45) is 1.58. The highest BCUT2D eigenvalue weighted by atomic mass is 35.5. The molecular weight excluding hydrogens is 281 g/mol. The number of rotatable bonds is 2. The Hall–Kier alpha value is -2.14. The minimum atomic E-state index is -0.524. The van der Waals surface area contributed by atoms with Crippen molar-refractivity contribution in [2.45, 2.75) is 13.8 Å². The molecule has 0 radical (unpaired) electrons. The van der Waals surface area contributed by atoms with Gasteiger partial charge < -0.3 is 11.1 Å². The van der Waals surface area contributed by atoms with E-state index in [4.69, 9.17) is 17.3 Å². The zero-order chi connectivity index (χ0) is 14.9. The van der Waals surface area contributed by atoms with Crippen molar-refractivity contribution < 1.29 is 9.18 Å². The number of nitrogens with zero attached hydrogens (tertiary/aromatic N) is 1. The minimum Gasteiger partial charge on any atom is -0.398 e. The van der Waals surface area contributed by atoms with E-state index in [2.05, 4.69) is 10.3 Å². The van der Waals surface area contributed by atoms with Crippen molar-refractivity contribution in [1.82, 2.24) is 4.98 Å². The highest BCUT2D eigenvalue weighted by Gasteiger charge is 2.13. The van der Waals surface area contributed by atoms with Crippen LogP contribution in [0.4, 0.5) is 15.8 Å². The zero-order valence-electron chi connectivity index (χ0n) is 11.0. The molecule has 0 aliphatic carbocycles. The van der Waals surface area contributed by atoms with E-state index in [1.807, 2.05) is 6.92 Å². The van der Waals surface area contributed by atoms with Crippen molar-refractivity contribution >= 4 is 28.9 Å². The van der Waals surface area contributed by atoms with Gasteiger partial charge in [-0.25, -0.2) is 9.37 Å². The molecule has 0 spiro atoms. The van der Waals surface area contributed by atoms with E-state index < -0.39 is 11.7 Å². The Kier molecular flexibility index (Phi) is 3.90. The molecule has 1 aromatic heterocycles. The van der Waals surface area contributed by atoms with Crippen LogP contribution in [-0.4, -0.2) is 10.9 Å². The van der Waals surface area contributed by atoms with Crippen molar-refractivity contribution in [2.75, 3.05) is 11.1 Å². The SMILES string of the molecule is Cc1cnc(Cl)c(NC(=O)c2cc(N)c(C)c(F)c2)c1. The lowest BCUT2D eigenvalue weighted by atomic mass is 10.1. The normalized spacial score (nSPS) is 10.4. The second kappa shape index (κ2) is 5.46. The van der Waals surface area contributed by atoms with Gasteiger partial charge in [-0.1, -0.05) is 11.6 Å². The summed E-state index contributed by atoms with van der Waals surface area (Å²) in [6, 6.07) is 4.24. The van der Waals surface area contributed by atoms with E-state index in [1.165, 1.54) is 6.07 Å². The van der Waals surface area contributed by atoms with Crippen molar-refractivity contribution in [3.8, 4) is 0 Å². The maximum absolute atomic E-state index is 13.6. The number of nitrogens with one attached hydrogen (secondary N) is 1. The number of carbonyl (C=O) groups is 1. The van der Waals surface area contributed by atoms with Gasteiger partial charge in [0.1, 0.15) is 5.82 Å². The van der Waals surface area contributed by atoms with Crippen LogP contribution in [0, 0.1) is 19.7 Å². The van der Waals surface area contributed by atoms with Gasteiger partial charge in [-0.05, 0) is 37.6 Å². The Morgan fingerprint density at radius 2 is 2.05 bits per heavy atom. The number of nitrogen functional groups attached to an aromatic ring is 1. The first-order valence-electron chi connectivity index (χ1n) is 5.87. The first kappa shape index (κ1) is 14.3. The van der Waals surface area contributed by atoms with Crippen LogP contribution in [0.1, 0.15) is 21.5 Å². The number of aryl methyl sites for hydroxylation is 1. The molecule has 0 aliphatic heterocycles. The summed E-state index contributed by atoms with van der Waals surface area (Å²) in [6.45, 7) is 3.37. The first-order chi connectivity index (χ1) is 9.38. The van der Waals surface area contributed by atoms with Gasteiger partial charge in [0.05, 0.1) is 5.69 Å². The number of aromatic nitrogens is 1. The highest BCUT2D eigenvalue weighted by Crippen LogP contribution is 2.22. The molecular formula is C14H13ClFN3O. The van der Waals surface area contributed by atoms with E-state index >= 15 is 0 Å². The number of benzene rings is 1. The summed E-state index contributed by atoms with van der Waals surface area (Å²) < 4.78 is 13.6. The number of anilines is 2. The molecule has 4 nitrogen and oxygen atoms in total. The molecule has 0 saturated carbocycles. The van der Waals surface area contributed by atoms with Crippen LogP contribution in [0.3, 0.4) is 0 Å². The fourth-order valence-electron chi connectivity index (χ4n) is 1.67. The Labute approximate surface area is 120 Å². The summed E-state index contributed by atoms with van der Waals surface area (Å²) in [5.41, 5.74) is 7.54. The van der Waals surface area contributed by atoms with Crippen LogP contribution in [0.25, 0.3) is 0 Å². The molecule has 0 aliphatic rings. The van der Waals surface area contributed by atoms with Crippen LogP contribution in [0.5, 0.6) is 0 Å². The van der Waals surface area contributed by atoms with Crippen LogP contribution in [0.2, 0.25) is 5.15 Å². The molecule has 1 heterocycles. The standard InChI is InChI=1S/C14H13ClFN3O/c1-7-3-12(13(15)18-6-7)19-14(20)9-4-10(16)8(2)11(17)5-9/h3-6H,17H2,1-2H3,(H,19,20). The Bertz CT molecular complexity index is 665. The average Bonchev–Trinajstić information content (AvgIpc) is 2.39. The highest BCUT2D eigenvalue weighted by molar-refractivity contribution is 6.32. The lowest BCUT2D eigenvalue weighted by Crippen LogP contribution is -2.14. The molecule has 104 valence electrons. The number of amides is 1. The predicted octanol–water partition coefficient (Wildman–Crippen LogP) is 3.33. The van der Waals surface area contributed by atoms with Crippen LogP contribution in [-0.2, 0) is 0 Å². The average molecular weight is 294 g/mol. The summed E-state index contributed by atoms with van der Waals surface area (Å²) in [5, 5.41) is 2.76. The van der Waals surface area contributed by atoms with Gasteiger partial charge in [0.15, 0.2) is 5.15 Å². The smallest absolute Gasteiger partial charge is 0.255 e. The second-order valence-corrected chi connectivity index (χ2v) is 4.84. The summed E-state index contributed by atoms with van der Waals surface area (Å²) in [7, 11) is 0. The molecule has 1 aromatic carbocycles. The predicted molar refractivity (Wildman–Crippen MR) is 77.5 cm³/mol. The summed E-state index contributed by atoms with van der Waals surface area (Å²) in [5.74, 6) is -1.02. The number of halogens is 2. The van der Waals surface area contributed by atoms with Crippen molar-refractivity contribution in [3.63, 3.8) is 0 Å². The lowest BCUT2D eigenvalue weighted by molar-refractivity contribution is 0.102. The molecule has 0 fully saturated rings. The zero-order valence-corrected chi connectivity index (χ0v) is 11.8. The molecule has 3 N–H and O–H groups in total. The quantitative estimate of drug-likeness (QED) is 0.659. The van der Waals surface area contributed by atoms with Gasteiger partial charge in [0.2, 0.25) is 0 Å². The monoisotopic (exact) mass is 293 g/mol. The third-order valence-corrected chi connectivity index (χ3v) is 3.17. The van der Waals surface area contributed by atoms with Crippen molar-refractivity contribution in [3.05, 3.63) is 52.1 Å². The molecule has 20 heavy (non-hydrogen) atoms. The van der Waals surface area contributed by atoms with Gasteiger partial charge >= 0.3 is 0 Å². The third-order valence-electron chi connectivity index (χ3n) is 2.87. The van der Waals surface area contributed by atoms with Crippen LogP contribution >= 0.6 is 11.6 Å². The third kappa shape index (κ3) is 2.88. The Morgan fingerprint density at radius 1 is 1.35 bits per heavy atom. The molecule has 6 heteroatoms. The van der Waals surface area contributed by atoms with Crippen molar-refractivity contribution in [2.24, 2.45) is 0 Å². The molecule has 0 saturated heterocycles.